The zero-order chi connectivity index (χ0) is 25.1. The molecule has 0 saturated carbocycles. The standard InChI is InChI=1S/C21H18F7N3O2S/c1-13-2-5-15(6-3-13)31-12-34-18(29-10-20(23,24)25)30(19(31)32)9-14-4-7-17(16(22)8-14)33-11-21(26,27)28/h2-8H,9-12H2,1H3/b29-18+. The van der Waals surface area contributed by atoms with Crippen molar-refractivity contribution in [3.63, 3.8) is 0 Å². The molecular weight excluding hydrogens is 491 g/mol. The Labute approximate surface area is 194 Å². The summed E-state index contributed by atoms with van der Waals surface area (Å²) in [7, 11) is 0. The SMILES string of the molecule is Cc1ccc(N2CS/C(=N/CC(F)(F)F)N(Cc3ccc(OCC(F)(F)F)c(F)c3)C2=O)cc1. The summed E-state index contributed by atoms with van der Waals surface area (Å²) < 4.78 is 93.8. The van der Waals surface area contributed by atoms with Crippen LogP contribution in [0, 0.1) is 12.7 Å². The van der Waals surface area contributed by atoms with E-state index >= 15 is 0 Å². The molecule has 5 nitrogen and oxygen atoms in total. The number of benzene rings is 2. The second kappa shape index (κ2) is 10.1. The lowest BCUT2D eigenvalue weighted by Gasteiger charge is -2.36. The third-order valence-corrected chi connectivity index (χ3v) is 5.48. The molecule has 0 spiro atoms. The molecule has 0 atom stereocenters. The van der Waals surface area contributed by atoms with Gasteiger partial charge in [0.15, 0.2) is 23.3 Å². The Hall–Kier alpha value is -2.96. The highest BCUT2D eigenvalue weighted by atomic mass is 32.2. The molecule has 1 saturated heterocycles. The number of ether oxygens (including phenoxy) is 1. The average Bonchev–Trinajstić information content (AvgIpc) is 2.73. The quantitative estimate of drug-likeness (QED) is 0.441. The summed E-state index contributed by atoms with van der Waals surface area (Å²) >= 11 is 0.898. The van der Waals surface area contributed by atoms with Gasteiger partial charge in [-0.25, -0.2) is 9.18 Å². The number of halogens is 7. The van der Waals surface area contributed by atoms with Crippen LogP contribution in [-0.4, -0.2) is 47.5 Å². The van der Waals surface area contributed by atoms with Crippen LogP contribution in [0.25, 0.3) is 0 Å². The van der Waals surface area contributed by atoms with Gasteiger partial charge >= 0.3 is 18.4 Å². The van der Waals surface area contributed by atoms with E-state index in [1.54, 1.807) is 24.3 Å². The first-order chi connectivity index (χ1) is 15.8. The van der Waals surface area contributed by atoms with Crippen molar-refractivity contribution < 1.29 is 40.3 Å². The van der Waals surface area contributed by atoms with Crippen molar-refractivity contribution in [2.45, 2.75) is 25.8 Å². The summed E-state index contributed by atoms with van der Waals surface area (Å²) in [4.78, 5) is 18.9. The molecule has 1 fully saturated rings. The molecule has 0 radical (unpaired) electrons. The molecule has 1 aliphatic rings. The van der Waals surface area contributed by atoms with E-state index in [9.17, 15) is 35.5 Å². The molecule has 0 N–H and O–H groups in total. The first-order valence-electron chi connectivity index (χ1n) is 9.70. The number of rotatable bonds is 6. The topological polar surface area (TPSA) is 45.1 Å². The van der Waals surface area contributed by atoms with Crippen LogP contribution in [0.2, 0.25) is 0 Å². The molecule has 0 aromatic heterocycles. The lowest BCUT2D eigenvalue weighted by atomic mass is 10.2. The number of hydrogen-bond donors (Lipinski definition) is 0. The van der Waals surface area contributed by atoms with E-state index in [1.165, 1.54) is 11.0 Å². The molecule has 1 aliphatic heterocycles. The van der Waals surface area contributed by atoms with Gasteiger partial charge in [0.25, 0.3) is 0 Å². The van der Waals surface area contributed by atoms with Gasteiger partial charge in [0.1, 0.15) is 6.54 Å². The van der Waals surface area contributed by atoms with Crippen molar-refractivity contribution in [1.29, 1.82) is 0 Å². The van der Waals surface area contributed by atoms with Crippen LogP contribution in [-0.2, 0) is 6.54 Å². The van der Waals surface area contributed by atoms with E-state index in [4.69, 9.17) is 0 Å². The Balaban J connectivity index is 1.85. The zero-order valence-electron chi connectivity index (χ0n) is 17.6. The summed E-state index contributed by atoms with van der Waals surface area (Å²) in [6, 6.07) is 9.24. The lowest BCUT2D eigenvalue weighted by Crippen LogP contribution is -2.50. The smallest absolute Gasteiger partial charge is 0.422 e. The van der Waals surface area contributed by atoms with E-state index in [-0.39, 0.29) is 23.2 Å². The van der Waals surface area contributed by atoms with Gasteiger partial charge in [0.2, 0.25) is 0 Å². The van der Waals surface area contributed by atoms with Crippen molar-refractivity contribution in [1.82, 2.24) is 4.90 Å². The second-order valence-corrected chi connectivity index (χ2v) is 8.20. The zero-order valence-corrected chi connectivity index (χ0v) is 18.4. The fourth-order valence-corrected chi connectivity index (χ4v) is 3.88. The number of amides is 2. The van der Waals surface area contributed by atoms with E-state index in [0.717, 1.165) is 34.4 Å². The van der Waals surface area contributed by atoms with Gasteiger partial charge in [0, 0.05) is 5.69 Å². The summed E-state index contributed by atoms with van der Waals surface area (Å²) in [5.74, 6) is -1.75. The lowest BCUT2D eigenvalue weighted by molar-refractivity contribution is -0.153. The Morgan fingerprint density at radius 2 is 1.71 bits per heavy atom. The minimum Gasteiger partial charge on any atom is -0.481 e. The third kappa shape index (κ3) is 7.02. The van der Waals surface area contributed by atoms with Gasteiger partial charge in [-0.1, -0.05) is 35.5 Å². The minimum atomic E-state index is -4.66. The Morgan fingerprint density at radius 3 is 2.29 bits per heavy atom. The number of carbonyl (C=O) groups is 1. The first kappa shape index (κ1) is 25.7. The molecule has 1 heterocycles. The van der Waals surface area contributed by atoms with Crippen LogP contribution in [0.15, 0.2) is 47.5 Å². The largest absolute Gasteiger partial charge is 0.481 e. The van der Waals surface area contributed by atoms with Crippen LogP contribution in [0.3, 0.4) is 0 Å². The third-order valence-electron chi connectivity index (χ3n) is 4.48. The highest BCUT2D eigenvalue weighted by Crippen LogP contribution is 2.30. The van der Waals surface area contributed by atoms with Gasteiger partial charge in [-0.2, -0.15) is 26.3 Å². The number of alkyl halides is 6. The van der Waals surface area contributed by atoms with Gasteiger partial charge < -0.3 is 4.74 Å². The van der Waals surface area contributed by atoms with Crippen molar-refractivity contribution in [3.05, 3.63) is 59.4 Å². The maximum Gasteiger partial charge on any atom is 0.422 e. The maximum atomic E-state index is 14.3. The summed E-state index contributed by atoms with van der Waals surface area (Å²) in [6.07, 6.45) is -9.26. The molecule has 2 amide bonds. The molecule has 184 valence electrons. The fraction of sp³-hybridized carbons (Fsp3) is 0.333. The number of nitrogens with zero attached hydrogens (tertiary/aromatic N) is 3. The van der Waals surface area contributed by atoms with Gasteiger partial charge in [-0.3, -0.25) is 14.8 Å². The molecule has 2 aromatic rings. The number of aryl methyl sites for hydroxylation is 1. The predicted molar refractivity (Wildman–Crippen MR) is 113 cm³/mol. The van der Waals surface area contributed by atoms with Gasteiger partial charge in [-0.05, 0) is 36.8 Å². The highest BCUT2D eigenvalue weighted by molar-refractivity contribution is 8.14. The second-order valence-electron chi connectivity index (χ2n) is 7.29. The van der Waals surface area contributed by atoms with E-state index < -0.39 is 43.1 Å². The van der Waals surface area contributed by atoms with Crippen molar-refractivity contribution >= 4 is 28.6 Å². The fourth-order valence-electron chi connectivity index (χ4n) is 2.92. The molecule has 3 rings (SSSR count). The van der Waals surface area contributed by atoms with Gasteiger partial charge in [0.05, 0.1) is 12.4 Å². The van der Waals surface area contributed by atoms with Crippen LogP contribution in [0.5, 0.6) is 5.75 Å². The van der Waals surface area contributed by atoms with Crippen LogP contribution in [0.1, 0.15) is 11.1 Å². The summed E-state index contributed by atoms with van der Waals surface area (Å²) in [5, 5.41) is -0.205. The monoisotopic (exact) mass is 509 g/mol. The van der Waals surface area contributed by atoms with E-state index in [0.29, 0.717) is 5.69 Å². The normalized spacial score (nSPS) is 16.4. The number of aliphatic imine (C=N–C) groups is 1. The molecular formula is C21H18F7N3O2S. The molecule has 13 heteroatoms. The summed E-state index contributed by atoms with van der Waals surface area (Å²) in [6.45, 7) is -1.71. The molecule has 0 bridgehead atoms. The van der Waals surface area contributed by atoms with Crippen molar-refractivity contribution in [3.8, 4) is 5.75 Å². The average molecular weight is 509 g/mol. The molecule has 34 heavy (non-hydrogen) atoms. The van der Waals surface area contributed by atoms with Crippen LogP contribution >= 0.6 is 11.8 Å². The maximum absolute atomic E-state index is 14.3. The Morgan fingerprint density at radius 1 is 1.03 bits per heavy atom. The number of amidine groups is 1. The van der Waals surface area contributed by atoms with Crippen molar-refractivity contribution in [2.24, 2.45) is 4.99 Å². The van der Waals surface area contributed by atoms with Gasteiger partial charge in [-0.15, -0.1) is 0 Å². The first-order valence-corrected chi connectivity index (χ1v) is 10.7. The van der Waals surface area contributed by atoms with E-state index in [1.807, 2.05) is 6.92 Å². The molecule has 2 aromatic carbocycles. The number of urea groups is 1. The minimum absolute atomic E-state index is 0.00761. The Bertz CT molecular complexity index is 1060. The molecule has 0 unspecified atom stereocenters. The number of carbonyl (C=O) groups excluding carboxylic acids is 1. The van der Waals surface area contributed by atoms with E-state index in [2.05, 4.69) is 9.73 Å². The number of anilines is 1. The van der Waals surface area contributed by atoms with Crippen molar-refractivity contribution in [2.75, 3.05) is 23.9 Å². The number of thioether (sulfide) groups is 1. The predicted octanol–water partition coefficient (Wildman–Crippen LogP) is 6.13. The highest BCUT2D eigenvalue weighted by Gasteiger charge is 2.35. The van der Waals surface area contributed by atoms with Crippen LogP contribution in [0.4, 0.5) is 41.2 Å². The Kier molecular flexibility index (Phi) is 7.64. The molecule has 0 aliphatic carbocycles. The number of hydrogen-bond acceptors (Lipinski definition) is 4. The summed E-state index contributed by atoms with van der Waals surface area (Å²) in [5.41, 5.74) is 1.56. The van der Waals surface area contributed by atoms with Crippen LogP contribution < -0.4 is 9.64 Å².